The summed E-state index contributed by atoms with van der Waals surface area (Å²) in [5.74, 6) is -0.151. The Bertz CT molecular complexity index is 591. The largest absolute Gasteiger partial charge is 0.399 e. The Morgan fingerprint density at radius 2 is 1.79 bits per heavy atom. The molecular formula is C13H19FN2O2S. The fourth-order valence-corrected chi connectivity index (χ4v) is 4.18. The van der Waals surface area contributed by atoms with Crippen LogP contribution in [0.5, 0.6) is 0 Å². The lowest BCUT2D eigenvalue weighted by molar-refractivity contribution is 0.456. The topological polar surface area (TPSA) is 63.4 Å². The lowest BCUT2D eigenvalue weighted by atomic mass is 10.0. The fourth-order valence-electron chi connectivity index (χ4n) is 2.36. The van der Waals surface area contributed by atoms with Crippen molar-refractivity contribution in [3.63, 3.8) is 0 Å². The van der Waals surface area contributed by atoms with Crippen LogP contribution in [0, 0.1) is 24.6 Å². The van der Waals surface area contributed by atoms with Gasteiger partial charge in [0.2, 0.25) is 10.0 Å². The number of anilines is 1. The van der Waals surface area contributed by atoms with E-state index in [2.05, 4.69) is 0 Å². The van der Waals surface area contributed by atoms with E-state index in [0.29, 0.717) is 13.1 Å². The normalized spacial score (nSPS) is 24.8. The Kier molecular flexibility index (Phi) is 3.57. The van der Waals surface area contributed by atoms with Gasteiger partial charge < -0.3 is 5.73 Å². The Hall–Kier alpha value is -1.14. The zero-order valence-corrected chi connectivity index (χ0v) is 12.2. The third-order valence-electron chi connectivity index (χ3n) is 3.82. The first kappa shape index (κ1) is 14.3. The van der Waals surface area contributed by atoms with Gasteiger partial charge in [-0.05, 0) is 36.5 Å². The second kappa shape index (κ2) is 4.76. The van der Waals surface area contributed by atoms with E-state index in [4.69, 9.17) is 5.73 Å². The molecule has 1 saturated heterocycles. The Morgan fingerprint density at radius 3 is 2.32 bits per heavy atom. The lowest BCUT2D eigenvalue weighted by Gasteiger charge is -2.17. The van der Waals surface area contributed by atoms with Crippen molar-refractivity contribution < 1.29 is 12.8 Å². The number of hydrogen-bond donors (Lipinski definition) is 1. The van der Waals surface area contributed by atoms with Crippen molar-refractivity contribution in [1.82, 2.24) is 4.31 Å². The number of rotatable bonds is 2. The standard InChI is InChI=1S/C13H19FN2O2S/c1-8-4-11(15)5-12(13(8)14)19(17,18)16-6-9(2)10(3)7-16/h4-5,9-10H,6-7,15H2,1-3H3. The van der Waals surface area contributed by atoms with Gasteiger partial charge in [0.05, 0.1) is 0 Å². The number of nitrogens with two attached hydrogens (primary N) is 1. The third-order valence-corrected chi connectivity index (χ3v) is 5.65. The van der Waals surface area contributed by atoms with Gasteiger partial charge in [0.15, 0.2) is 0 Å². The van der Waals surface area contributed by atoms with Gasteiger partial charge in [-0.15, -0.1) is 0 Å². The second-order valence-electron chi connectivity index (χ2n) is 5.43. The molecule has 1 aliphatic rings. The molecule has 0 aromatic heterocycles. The van der Waals surface area contributed by atoms with Crippen molar-refractivity contribution in [1.29, 1.82) is 0 Å². The van der Waals surface area contributed by atoms with Gasteiger partial charge in [-0.1, -0.05) is 13.8 Å². The van der Waals surface area contributed by atoms with E-state index in [1.807, 2.05) is 13.8 Å². The molecule has 2 unspecified atom stereocenters. The molecule has 1 aliphatic heterocycles. The number of sulfonamides is 1. The number of hydrogen-bond acceptors (Lipinski definition) is 3. The molecular weight excluding hydrogens is 267 g/mol. The molecule has 4 nitrogen and oxygen atoms in total. The molecule has 0 bridgehead atoms. The van der Waals surface area contributed by atoms with Crippen molar-refractivity contribution >= 4 is 15.7 Å². The maximum absolute atomic E-state index is 14.1. The zero-order chi connectivity index (χ0) is 14.4. The summed E-state index contributed by atoms with van der Waals surface area (Å²) in [6, 6.07) is 2.63. The van der Waals surface area contributed by atoms with Crippen LogP contribution in [0.2, 0.25) is 0 Å². The molecule has 0 spiro atoms. The van der Waals surface area contributed by atoms with Crippen LogP contribution in [-0.2, 0) is 10.0 Å². The molecule has 0 radical (unpaired) electrons. The highest BCUT2D eigenvalue weighted by molar-refractivity contribution is 7.89. The van der Waals surface area contributed by atoms with Crippen molar-refractivity contribution in [3.8, 4) is 0 Å². The van der Waals surface area contributed by atoms with Gasteiger partial charge in [-0.25, -0.2) is 12.8 Å². The highest BCUT2D eigenvalue weighted by Crippen LogP contribution is 2.30. The van der Waals surface area contributed by atoms with Crippen LogP contribution in [0.1, 0.15) is 19.4 Å². The summed E-state index contributed by atoms with van der Waals surface area (Å²) in [5.41, 5.74) is 6.14. The van der Waals surface area contributed by atoms with Gasteiger partial charge in [0.1, 0.15) is 10.7 Å². The molecule has 1 fully saturated rings. The highest BCUT2D eigenvalue weighted by atomic mass is 32.2. The van der Waals surface area contributed by atoms with E-state index in [1.165, 1.54) is 23.4 Å². The molecule has 2 rings (SSSR count). The zero-order valence-electron chi connectivity index (χ0n) is 11.4. The number of aryl methyl sites for hydroxylation is 1. The van der Waals surface area contributed by atoms with Crippen LogP contribution in [-0.4, -0.2) is 25.8 Å². The quantitative estimate of drug-likeness (QED) is 0.846. The van der Waals surface area contributed by atoms with Gasteiger partial charge in [-0.3, -0.25) is 0 Å². The predicted molar refractivity (Wildman–Crippen MR) is 72.6 cm³/mol. The van der Waals surface area contributed by atoms with E-state index >= 15 is 0 Å². The molecule has 1 aromatic carbocycles. The van der Waals surface area contributed by atoms with E-state index in [-0.39, 0.29) is 28.0 Å². The first-order valence-corrected chi connectivity index (χ1v) is 7.73. The molecule has 0 saturated carbocycles. The average Bonchev–Trinajstić information content (AvgIpc) is 2.65. The van der Waals surface area contributed by atoms with E-state index in [1.54, 1.807) is 0 Å². The molecule has 19 heavy (non-hydrogen) atoms. The summed E-state index contributed by atoms with van der Waals surface area (Å²) in [6.45, 7) is 6.37. The number of halogens is 1. The molecule has 2 N–H and O–H groups in total. The molecule has 6 heteroatoms. The van der Waals surface area contributed by atoms with Crippen molar-refractivity contribution in [2.45, 2.75) is 25.7 Å². The van der Waals surface area contributed by atoms with Gasteiger partial charge in [0, 0.05) is 18.8 Å². The minimum atomic E-state index is -3.80. The minimum absolute atomic E-state index is 0.249. The van der Waals surface area contributed by atoms with Crippen molar-refractivity contribution in [2.75, 3.05) is 18.8 Å². The van der Waals surface area contributed by atoms with Crippen molar-refractivity contribution in [2.24, 2.45) is 11.8 Å². The van der Waals surface area contributed by atoms with Gasteiger partial charge in [0.25, 0.3) is 0 Å². The Morgan fingerprint density at radius 1 is 1.26 bits per heavy atom. The molecule has 0 aliphatic carbocycles. The minimum Gasteiger partial charge on any atom is -0.399 e. The molecule has 106 valence electrons. The molecule has 0 amide bonds. The summed E-state index contributed by atoms with van der Waals surface area (Å²) >= 11 is 0. The predicted octanol–water partition coefficient (Wildman–Crippen LogP) is 1.99. The van der Waals surface area contributed by atoms with Crippen LogP contribution in [0.4, 0.5) is 10.1 Å². The fraction of sp³-hybridized carbons (Fsp3) is 0.538. The van der Waals surface area contributed by atoms with E-state index in [0.717, 1.165) is 0 Å². The lowest BCUT2D eigenvalue weighted by Crippen LogP contribution is -2.30. The maximum Gasteiger partial charge on any atom is 0.246 e. The molecule has 1 aromatic rings. The summed E-state index contributed by atoms with van der Waals surface area (Å²) < 4.78 is 40.4. The first-order chi connectivity index (χ1) is 8.73. The highest BCUT2D eigenvalue weighted by Gasteiger charge is 2.36. The van der Waals surface area contributed by atoms with Crippen LogP contribution < -0.4 is 5.73 Å². The second-order valence-corrected chi connectivity index (χ2v) is 7.33. The van der Waals surface area contributed by atoms with Crippen LogP contribution in [0.3, 0.4) is 0 Å². The molecule has 1 heterocycles. The average molecular weight is 286 g/mol. The number of nitrogens with zero attached hydrogens (tertiary/aromatic N) is 1. The number of benzene rings is 1. The summed E-state index contributed by atoms with van der Waals surface area (Å²) in [4.78, 5) is -0.314. The van der Waals surface area contributed by atoms with Crippen LogP contribution in [0.25, 0.3) is 0 Å². The van der Waals surface area contributed by atoms with E-state index < -0.39 is 15.8 Å². The number of nitrogen functional groups attached to an aromatic ring is 1. The van der Waals surface area contributed by atoms with Crippen LogP contribution in [0.15, 0.2) is 17.0 Å². The first-order valence-electron chi connectivity index (χ1n) is 6.29. The Labute approximate surface area is 113 Å². The summed E-state index contributed by atoms with van der Waals surface area (Å²) in [7, 11) is -3.80. The SMILES string of the molecule is Cc1cc(N)cc(S(=O)(=O)N2CC(C)C(C)C2)c1F. The van der Waals surface area contributed by atoms with Gasteiger partial charge >= 0.3 is 0 Å². The monoisotopic (exact) mass is 286 g/mol. The summed E-state index contributed by atoms with van der Waals surface area (Å²) in [6.07, 6.45) is 0. The van der Waals surface area contributed by atoms with E-state index in [9.17, 15) is 12.8 Å². The van der Waals surface area contributed by atoms with Crippen molar-refractivity contribution in [3.05, 3.63) is 23.5 Å². The maximum atomic E-state index is 14.1. The molecule has 2 atom stereocenters. The Balaban J connectivity index is 2.46. The van der Waals surface area contributed by atoms with Crippen LogP contribution >= 0.6 is 0 Å². The smallest absolute Gasteiger partial charge is 0.246 e. The van der Waals surface area contributed by atoms with Gasteiger partial charge in [-0.2, -0.15) is 4.31 Å². The summed E-state index contributed by atoms with van der Waals surface area (Å²) in [5, 5.41) is 0. The third kappa shape index (κ3) is 2.47.